The molecule has 1 heterocycles. The van der Waals surface area contributed by atoms with E-state index in [-0.39, 0.29) is 18.0 Å². The van der Waals surface area contributed by atoms with Crippen molar-refractivity contribution in [1.82, 2.24) is 9.59 Å². The number of hydrogen-bond acceptors (Lipinski definition) is 5. The van der Waals surface area contributed by atoms with Crippen LogP contribution >= 0.6 is 11.5 Å². The van der Waals surface area contributed by atoms with Gasteiger partial charge in [-0.2, -0.15) is 0 Å². The van der Waals surface area contributed by atoms with Crippen LogP contribution in [-0.4, -0.2) is 22.0 Å². The van der Waals surface area contributed by atoms with Crippen LogP contribution in [0.15, 0.2) is 24.4 Å². The number of nitrogens with zero attached hydrogens (tertiary/aromatic N) is 2. The van der Waals surface area contributed by atoms with Crippen molar-refractivity contribution >= 4 is 23.1 Å². The van der Waals surface area contributed by atoms with E-state index < -0.39 is 5.82 Å². The van der Waals surface area contributed by atoms with Crippen LogP contribution in [0, 0.1) is 17.7 Å². The van der Waals surface area contributed by atoms with Crippen LogP contribution in [0.3, 0.4) is 0 Å². The minimum Gasteiger partial charge on any atom is -0.321 e. The molecule has 2 aromatic rings. The van der Waals surface area contributed by atoms with Gasteiger partial charge in [-0.15, -0.1) is 5.10 Å². The van der Waals surface area contributed by atoms with Crippen molar-refractivity contribution in [3.8, 4) is 11.8 Å². The van der Waals surface area contributed by atoms with Gasteiger partial charge < -0.3 is 11.1 Å². The minimum absolute atomic E-state index is 0.141. The molecule has 0 unspecified atom stereocenters. The van der Waals surface area contributed by atoms with Crippen molar-refractivity contribution in [2.45, 2.75) is 0 Å². The number of carbonyl (C=O) groups excluding carboxylic acids is 1. The third-order valence-electron chi connectivity index (χ3n) is 2.13. The zero-order valence-electron chi connectivity index (χ0n) is 9.68. The Morgan fingerprint density at radius 1 is 1.53 bits per heavy atom. The lowest BCUT2D eigenvalue weighted by molar-refractivity contribution is 0.103. The Bertz CT molecular complexity index is 645. The van der Waals surface area contributed by atoms with Crippen molar-refractivity contribution in [1.29, 1.82) is 0 Å². The van der Waals surface area contributed by atoms with Crippen molar-refractivity contribution in [2.24, 2.45) is 5.73 Å². The lowest BCUT2D eigenvalue weighted by atomic mass is 10.2. The van der Waals surface area contributed by atoms with E-state index in [0.29, 0.717) is 10.6 Å². The molecule has 0 aliphatic rings. The van der Waals surface area contributed by atoms with E-state index in [4.69, 9.17) is 5.73 Å². The summed E-state index contributed by atoms with van der Waals surface area (Å²) in [6.07, 6.45) is 1.36. The van der Waals surface area contributed by atoms with E-state index in [0.717, 1.165) is 11.5 Å². The molecule has 0 bridgehead atoms. The molecule has 0 fully saturated rings. The molecule has 96 valence electrons. The van der Waals surface area contributed by atoms with Gasteiger partial charge in [-0.1, -0.05) is 16.3 Å². The van der Waals surface area contributed by atoms with Crippen molar-refractivity contribution in [3.05, 3.63) is 40.7 Å². The van der Waals surface area contributed by atoms with Gasteiger partial charge in [-0.25, -0.2) is 4.39 Å². The fourth-order valence-corrected chi connectivity index (χ4v) is 1.72. The zero-order chi connectivity index (χ0) is 13.7. The number of halogens is 1. The van der Waals surface area contributed by atoms with Gasteiger partial charge in [0.15, 0.2) is 0 Å². The largest absolute Gasteiger partial charge is 0.321 e. The molecular formula is C12H9FN4OS. The number of aromatic nitrogens is 2. The summed E-state index contributed by atoms with van der Waals surface area (Å²) in [7, 11) is 0. The second kappa shape index (κ2) is 6.04. The van der Waals surface area contributed by atoms with Gasteiger partial charge in [0.25, 0.3) is 5.91 Å². The maximum absolute atomic E-state index is 13.4. The highest BCUT2D eigenvalue weighted by Crippen LogP contribution is 2.15. The molecule has 0 aliphatic carbocycles. The second-order valence-electron chi connectivity index (χ2n) is 3.44. The fourth-order valence-electron chi connectivity index (χ4n) is 1.30. The fraction of sp³-hybridized carbons (Fsp3) is 0.0833. The van der Waals surface area contributed by atoms with E-state index in [9.17, 15) is 9.18 Å². The normalized spacial score (nSPS) is 9.58. The van der Waals surface area contributed by atoms with Crippen LogP contribution in [0.4, 0.5) is 10.1 Å². The van der Waals surface area contributed by atoms with Crippen LogP contribution < -0.4 is 11.1 Å². The summed E-state index contributed by atoms with van der Waals surface area (Å²) in [6, 6.07) is 4.14. The van der Waals surface area contributed by atoms with E-state index in [2.05, 4.69) is 26.7 Å². The van der Waals surface area contributed by atoms with Crippen LogP contribution in [0.2, 0.25) is 0 Å². The van der Waals surface area contributed by atoms with Crippen molar-refractivity contribution in [2.75, 3.05) is 11.9 Å². The molecule has 1 amide bonds. The third-order valence-corrected chi connectivity index (χ3v) is 2.80. The molecule has 7 heteroatoms. The highest BCUT2D eigenvalue weighted by molar-refractivity contribution is 7.07. The van der Waals surface area contributed by atoms with Gasteiger partial charge in [0.2, 0.25) is 0 Å². The average molecular weight is 276 g/mol. The van der Waals surface area contributed by atoms with E-state index in [1.54, 1.807) is 0 Å². The Labute approximate surface area is 112 Å². The van der Waals surface area contributed by atoms with Gasteiger partial charge in [-0.3, -0.25) is 4.79 Å². The molecule has 1 aromatic heterocycles. The number of benzene rings is 1. The van der Waals surface area contributed by atoms with Crippen molar-refractivity contribution in [3.63, 3.8) is 0 Å². The number of carbonyl (C=O) groups is 1. The molecule has 0 saturated carbocycles. The molecule has 5 nitrogen and oxygen atoms in total. The Morgan fingerprint density at radius 2 is 2.37 bits per heavy atom. The number of nitrogens with two attached hydrogens (primary N) is 1. The van der Waals surface area contributed by atoms with Crippen LogP contribution in [0.1, 0.15) is 15.2 Å². The first kappa shape index (κ1) is 13.1. The van der Waals surface area contributed by atoms with E-state index in [1.165, 1.54) is 24.4 Å². The third kappa shape index (κ3) is 3.34. The Hall–Kier alpha value is -2.30. The molecule has 2 rings (SSSR count). The SMILES string of the molecule is NCC#Cc1cc(NC(=O)c2cnns2)ccc1F. The van der Waals surface area contributed by atoms with Crippen molar-refractivity contribution < 1.29 is 9.18 Å². The Balaban J connectivity index is 2.19. The summed E-state index contributed by atoms with van der Waals surface area (Å²) < 4.78 is 17.0. The van der Waals surface area contributed by atoms with Gasteiger partial charge in [0.1, 0.15) is 10.7 Å². The van der Waals surface area contributed by atoms with E-state index in [1.807, 2.05) is 0 Å². The summed E-state index contributed by atoms with van der Waals surface area (Å²) in [4.78, 5) is 12.1. The Kier molecular flexibility index (Phi) is 4.18. The van der Waals surface area contributed by atoms with Crippen LogP contribution in [-0.2, 0) is 0 Å². The lowest BCUT2D eigenvalue weighted by Crippen LogP contribution is -2.10. The lowest BCUT2D eigenvalue weighted by Gasteiger charge is -2.04. The molecule has 3 N–H and O–H groups in total. The highest BCUT2D eigenvalue weighted by Gasteiger charge is 2.09. The predicted octanol–water partition coefficient (Wildman–Crippen LogP) is 1.24. The number of nitrogens with one attached hydrogen (secondary N) is 1. The number of hydrogen-bond donors (Lipinski definition) is 2. The number of anilines is 1. The monoisotopic (exact) mass is 276 g/mol. The van der Waals surface area contributed by atoms with Gasteiger partial charge in [0.05, 0.1) is 18.3 Å². The molecular weight excluding hydrogens is 267 g/mol. The first-order chi connectivity index (χ1) is 9.20. The molecule has 0 saturated heterocycles. The second-order valence-corrected chi connectivity index (χ2v) is 4.22. The molecule has 19 heavy (non-hydrogen) atoms. The average Bonchev–Trinajstić information content (AvgIpc) is 2.93. The summed E-state index contributed by atoms with van der Waals surface area (Å²) >= 11 is 0.980. The highest BCUT2D eigenvalue weighted by atomic mass is 32.1. The van der Waals surface area contributed by atoms with Gasteiger partial charge in [0, 0.05) is 5.69 Å². The molecule has 0 radical (unpaired) electrons. The van der Waals surface area contributed by atoms with Gasteiger partial charge in [-0.05, 0) is 29.7 Å². The molecule has 0 aliphatic heterocycles. The quantitative estimate of drug-likeness (QED) is 0.809. The zero-order valence-corrected chi connectivity index (χ0v) is 10.5. The first-order valence-electron chi connectivity index (χ1n) is 5.28. The minimum atomic E-state index is -0.460. The maximum atomic E-state index is 13.4. The van der Waals surface area contributed by atoms with Crippen LogP contribution in [0.5, 0.6) is 0 Å². The van der Waals surface area contributed by atoms with Crippen LogP contribution in [0.25, 0.3) is 0 Å². The number of rotatable bonds is 2. The maximum Gasteiger partial charge on any atom is 0.269 e. The summed E-state index contributed by atoms with van der Waals surface area (Å²) in [6.45, 7) is 0.141. The molecule has 1 aromatic carbocycles. The summed E-state index contributed by atoms with van der Waals surface area (Å²) in [5.41, 5.74) is 5.86. The smallest absolute Gasteiger partial charge is 0.269 e. The van der Waals surface area contributed by atoms with E-state index >= 15 is 0 Å². The summed E-state index contributed by atoms with van der Waals surface area (Å²) in [5.74, 6) is 4.35. The molecule has 0 spiro atoms. The molecule has 0 atom stereocenters. The van der Waals surface area contributed by atoms with Gasteiger partial charge >= 0.3 is 0 Å². The standard InChI is InChI=1S/C12H9FN4OS/c13-10-4-3-9(6-8(10)2-1-5-14)16-12(18)11-7-15-17-19-11/h3-4,6-7H,5,14H2,(H,16,18). The Morgan fingerprint density at radius 3 is 3.05 bits per heavy atom. The topological polar surface area (TPSA) is 80.9 Å². The predicted molar refractivity (Wildman–Crippen MR) is 70.2 cm³/mol. The summed E-state index contributed by atoms with van der Waals surface area (Å²) in [5, 5.41) is 6.18. The first-order valence-corrected chi connectivity index (χ1v) is 6.05. The number of amides is 1.